The van der Waals surface area contributed by atoms with Crippen molar-refractivity contribution in [3.05, 3.63) is 11.6 Å². The maximum atomic E-state index is 6.02. The molecule has 0 saturated heterocycles. The molecule has 1 rings (SSSR count). The Kier molecular flexibility index (Phi) is 2.91. The first-order valence-electron chi connectivity index (χ1n) is 4.56. The van der Waals surface area contributed by atoms with E-state index < -0.39 is 0 Å². The van der Waals surface area contributed by atoms with Crippen molar-refractivity contribution in [3.63, 3.8) is 0 Å². The van der Waals surface area contributed by atoms with Crippen LogP contribution in [-0.2, 0) is 4.74 Å². The highest BCUT2D eigenvalue weighted by molar-refractivity contribution is 5.11. The molecule has 2 nitrogen and oxygen atoms in total. The highest BCUT2D eigenvalue weighted by Crippen LogP contribution is 2.37. The van der Waals surface area contributed by atoms with Crippen LogP contribution in [0.2, 0.25) is 0 Å². The zero-order valence-electron chi connectivity index (χ0n) is 8.26. The Morgan fingerprint density at radius 3 is 2.33 bits per heavy atom. The van der Waals surface area contributed by atoms with Gasteiger partial charge in [0, 0.05) is 7.11 Å². The van der Waals surface area contributed by atoms with Gasteiger partial charge in [0.1, 0.15) is 0 Å². The Hall–Kier alpha value is -0.340. The first-order valence-corrected chi connectivity index (χ1v) is 4.56. The lowest BCUT2D eigenvalue weighted by Crippen LogP contribution is -2.53. The quantitative estimate of drug-likeness (QED) is 0.654. The molecule has 0 radical (unpaired) electrons. The normalized spacial score (nSPS) is 22.7. The molecule has 70 valence electrons. The molecule has 0 aromatic rings. The van der Waals surface area contributed by atoms with Gasteiger partial charge in [-0.25, -0.2) is 0 Å². The fourth-order valence-corrected chi connectivity index (χ4v) is 1.71. The predicted octanol–water partition coefficient (Wildman–Crippen LogP) is 1.85. The summed E-state index contributed by atoms with van der Waals surface area (Å²) in [4.78, 5) is 0. The number of methoxy groups -OCH3 is 1. The third kappa shape index (κ3) is 1.70. The van der Waals surface area contributed by atoms with Crippen LogP contribution >= 0.6 is 0 Å². The topological polar surface area (TPSA) is 35.2 Å². The summed E-state index contributed by atoms with van der Waals surface area (Å²) in [6.45, 7) is 4.14. The molecular weight excluding hydrogens is 150 g/mol. The minimum Gasteiger partial charge on any atom is -0.376 e. The van der Waals surface area contributed by atoms with E-state index >= 15 is 0 Å². The largest absolute Gasteiger partial charge is 0.376 e. The first kappa shape index (κ1) is 9.75. The molecule has 1 aliphatic carbocycles. The zero-order chi connectivity index (χ0) is 9.19. The molecule has 0 aromatic heterocycles. The summed E-state index contributed by atoms with van der Waals surface area (Å²) in [5.41, 5.74) is 7.25. The molecule has 1 saturated carbocycles. The van der Waals surface area contributed by atoms with Gasteiger partial charge < -0.3 is 10.5 Å². The van der Waals surface area contributed by atoms with Gasteiger partial charge in [-0.15, -0.1) is 0 Å². The van der Waals surface area contributed by atoms with Crippen molar-refractivity contribution in [1.29, 1.82) is 0 Å². The Bertz CT molecular complexity index is 173. The van der Waals surface area contributed by atoms with E-state index in [2.05, 4.69) is 19.9 Å². The molecule has 2 heteroatoms. The molecule has 1 fully saturated rings. The number of hydrogen-bond acceptors (Lipinski definition) is 2. The van der Waals surface area contributed by atoms with Crippen molar-refractivity contribution in [2.75, 3.05) is 7.11 Å². The molecule has 1 unspecified atom stereocenters. The summed E-state index contributed by atoms with van der Waals surface area (Å²) in [5, 5.41) is 0. The third-order valence-electron chi connectivity index (χ3n) is 2.73. The van der Waals surface area contributed by atoms with Crippen LogP contribution in [0.15, 0.2) is 11.6 Å². The lowest BCUT2D eigenvalue weighted by atomic mass is 9.74. The summed E-state index contributed by atoms with van der Waals surface area (Å²) >= 11 is 0. The second kappa shape index (κ2) is 3.58. The number of hydrogen-bond donors (Lipinski definition) is 1. The summed E-state index contributed by atoms with van der Waals surface area (Å²) in [5.74, 6) is 0. The van der Waals surface area contributed by atoms with Crippen molar-refractivity contribution in [2.45, 2.75) is 44.8 Å². The maximum absolute atomic E-state index is 6.02. The molecule has 0 heterocycles. The van der Waals surface area contributed by atoms with Crippen molar-refractivity contribution < 1.29 is 4.74 Å². The van der Waals surface area contributed by atoms with E-state index in [1.165, 1.54) is 12.0 Å². The van der Waals surface area contributed by atoms with Gasteiger partial charge in [-0.3, -0.25) is 0 Å². The fourth-order valence-electron chi connectivity index (χ4n) is 1.71. The van der Waals surface area contributed by atoms with Crippen LogP contribution in [0.25, 0.3) is 0 Å². The van der Waals surface area contributed by atoms with Crippen molar-refractivity contribution >= 4 is 0 Å². The molecule has 2 N–H and O–H groups in total. The van der Waals surface area contributed by atoms with Gasteiger partial charge in [-0.2, -0.15) is 0 Å². The molecule has 0 aliphatic heterocycles. The molecule has 0 bridgehead atoms. The number of nitrogens with two attached hydrogens (primary N) is 1. The van der Waals surface area contributed by atoms with Crippen molar-refractivity contribution in [1.82, 2.24) is 0 Å². The van der Waals surface area contributed by atoms with Crippen LogP contribution in [0.3, 0.4) is 0 Å². The maximum Gasteiger partial charge on any atom is 0.0864 e. The molecule has 0 amide bonds. The van der Waals surface area contributed by atoms with Crippen LogP contribution in [0.4, 0.5) is 0 Å². The number of ether oxygens (including phenoxy) is 1. The van der Waals surface area contributed by atoms with Crippen LogP contribution in [0, 0.1) is 0 Å². The van der Waals surface area contributed by atoms with Crippen LogP contribution in [0.5, 0.6) is 0 Å². The minimum atomic E-state index is -0.0444. The molecular formula is C10H19NO. The second-order valence-corrected chi connectivity index (χ2v) is 3.89. The third-order valence-corrected chi connectivity index (χ3v) is 2.73. The van der Waals surface area contributed by atoms with Gasteiger partial charge in [0.25, 0.3) is 0 Å². The monoisotopic (exact) mass is 169 g/mol. The summed E-state index contributed by atoms with van der Waals surface area (Å²) in [6, 6.07) is 0.0706. The summed E-state index contributed by atoms with van der Waals surface area (Å²) in [6.07, 6.45) is 5.56. The average Bonchev–Trinajstić information content (AvgIpc) is 1.83. The fraction of sp³-hybridized carbons (Fsp3) is 0.800. The second-order valence-electron chi connectivity index (χ2n) is 3.89. The summed E-state index contributed by atoms with van der Waals surface area (Å²) in [7, 11) is 1.76. The van der Waals surface area contributed by atoms with E-state index in [1.54, 1.807) is 7.11 Å². The molecule has 12 heavy (non-hydrogen) atoms. The predicted molar refractivity (Wildman–Crippen MR) is 51.0 cm³/mol. The number of rotatable bonds is 3. The van der Waals surface area contributed by atoms with E-state index in [1.807, 2.05) is 0 Å². The molecule has 0 spiro atoms. The van der Waals surface area contributed by atoms with Gasteiger partial charge >= 0.3 is 0 Å². The highest BCUT2D eigenvalue weighted by Gasteiger charge is 2.41. The Morgan fingerprint density at radius 1 is 1.50 bits per heavy atom. The molecule has 0 aromatic carbocycles. The van der Waals surface area contributed by atoms with Crippen molar-refractivity contribution in [3.8, 4) is 0 Å². The van der Waals surface area contributed by atoms with Gasteiger partial charge in [0.2, 0.25) is 0 Å². The van der Waals surface area contributed by atoms with E-state index in [0.717, 1.165) is 12.8 Å². The van der Waals surface area contributed by atoms with Gasteiger partial charge in [0.05, 0.1) is 11.6 Å². The van der Waals surface area contributed by atoms with E-state index in [-0.39, 0.29) is 11.6 Å². The minimum absolute atomic E-state index is 0.0444. The van der Waals surface area contributed by atoms with Gasteiger partial charge in [0.15, 0.2) is 0 Å². The van der Waals surface area contributed by atoms with Gasteiger partial charge in [-0.1, -0.05) is 11.6 Å². The van der Waals surface area contributed by atoms with E-state index in [9.17, 15) is 0 Å². The first-order chi connectivity index (χ1) is 5.60. The standard InChI is InChI=1S/C10H19NO/c1-8(2)7-9(11)10(12-3)5-4-6-10/h7,9H,4-6,11H2,1-3H3. The van der Waals surface area contributed by atoms with Crippen LogP contribution < -0.4 is 5.73 Å². The Morgan fingerprint density at radius 2 is 2.08 bits per heavy atom. The van der Waals surface area contributed by atoms with E-state index in [0.29, 0.717) is 0 Å². The number of allylic oxidation sites excluding steroid dienone is 1. The smallest absolute Gasteiger partial charge is 0.0864 e. The lowest BCUT2D eigenvalue weighted by Gasteiger charge is -2.44. The van der Waals surface area contributed by atoms with Gasteiger partial charge in [-0.05, 0) is 33.1 Å². The summed E-state index contributed by atoms with van der Waals surface area (Å²) < 4.78 is 5.47. The highest BCUT2D eigenvalue weighted by atomic mass is 16.5. The molecule has 1 aliphatic rings. The SMILES string of the molecule is COC1(C(N)C=C(C)C)CCC1. The average molecular weight is 169 g/mol. The Labute approximate surface area is 74.8 Å². The zero-order valence-corrected chi connectivity index (χ0v) is 8.26. The Balaban J connectivity index is 2.60. The van der Waals surface area contributed by atoms with E-state index in [4.69, 9.17) is 10.5 Å². The lowest BCUT2D eigenvalue weighted by molar-refractivity contribution is -0.0800. The van der Waals surface area contributed by atoms with Crippen molar-refractivity contribution in [2.24, 2.45) is 5.73 Å². The van der Waals surface area contributed by atoms with Crippen LogP contribution in [0.1, 0.15) is 33.1 Å². The van der Waals surface area contributed by atoms with Crippen LogP contribution in [-0.4, -0.2) is 18.8 Å². The molecule has 1 atom stereocenters.